The number of halogens is 3. The highest BCUT2D eigenvalue weighted by Crippen LogP contribution is 2.36. The Bertz CT molecular complexity index is 438. The van der Waals surface area contributed by atoms with Gasteiger partial charge in [-0.05, 0) is 6.92 Å². The van der Waals surface area contributed by atoms with Gasteiger partial charge in [-0.2, -0.15) is 13.2 Å². The fraction of sp³-hybridized carbons (Fsp3) is 0.750. The quantitative estimate of drug-likeness (QED) is 0.853. The summed E-state index contributed by atoms with van der Waals surface area (Å²) in [4.78, 5) is 7.47. The average molecular weight is 309 g/mol. The van der Waals surface area contributed by atoms with E-state index >= 15 is 0 Å². The number of ether oxygens (including phenoxy) is 1. The number of rotatable bonds is 4. The number of anilines is 1. The molecule has 0 spiro atoms. The summed E-state index contributed by atoms with van der Waals surface area (Å²) in [7, 11) is 1.66. The number of alkyl halides is 3. The van der Waals surface area contributed by atoms with Crippen molar-refractivity contribution in [1.29, 1.82) is 0 Å². The zero-order valence-corrected chi connectivity index (χ0v) is 12.3. The predicted octanol–water partition coefficient (Wildman–Crippen LogP) is 2.32. The van der Waals surface area contributed by atoms with E-state index < -0.39 is 11.1 Å². The first-order valence-corrected chi connectivity index (χ1v) is 7.24. The SMILES string of the molecule is COCCN1CCN(c2ncc(C(F)(F)F)s2)CC1C. The van der Waals surface area contributed by atoms with Crippen LogP contribution in [0.5, 0.6) is 0 Å². The van der Waals surface area contributed by atoms with Crippen molar-refractivity contribution in [2.24, 2.45) is 0 Å². The van der Waals surface area contributed by atoms with Crippen molar-refractivity contribution in [1.82, 2.24) is 9.88 Å². The number of aromatic nitrogens is 1. The molecule has 1 aromatic rings. The van der Waals surface area contributed by atoms with Crippen LogP contribution in [0.25, 0.3) is 0 Å². The maximum absolute atomic E-state index is 12.6. The van der Waals surface area contributed by atoms with Crippen LogP contribution in [0.3, 0.4) is 0 Å². The topological polar surface area (TPSA) is 28.6 Å². The van der Waals surface area contributed by atoms with Crippen molar-refractivity contribution in [2.75, 3.05) is 44.8 Å². The molecule has 0 saturated carbocycles. The van der Waals surface area contributed by atoms with E-state index in [4.69, 9.17) is 4.74 Å². The van der Waals surface area contributed by atoms with Gasteiger partial charge in [0.15, 0.2) is 5.13 Å². The van der Waals surface area contributed by atoms with Gasteiger partial charge in [-0.15, -0.1) is 0 Å². The van der Waals surface area contributed by atoms with E-state index in [1.54, 1.807) is 7.11 Å². The monoisotopic (exact) mass is 309 g/mol. The summed E-state index contributed by atoms with van der Waals surface area (Å²) in [6.45, 7) is 5.77. The van der Waals surface area contributed by atoms with Crippen LogP contribution in [-0.2, 0) is 10.9 Å². The molecule has 1 aliphatic heterocycles. The molecule has 0 amide bonds. The van der Waals surface area contributed by atoms with Gasteiger partial charge in [0.05, 0.1) is 12.8 Å². The normalized spacial score (nSPS) is 21.4. The van der Waals surface area contributed by atoms with Crippen LogP contribution in [0.2, 0.25) is 0 Å². The van der Waals surface area contributed by atoms with Gasteiger partial charge in [0.2, 0.25) is 0 Å². The zero-order chi connectivity index (χ0) is 14.8. The molecule has 0 radical (unpaired) electrons. The van der Waals surface area contributed by atoms with E-state index in [0.29, 0.717) is 36.2 Å². The van der Waals surface area contributed by atoms with Gasteiger partial charge in [-0.25, -0.2) is 4.98 Å². The predicted molar refractivity (Wildman–Crippen MR) is 72.2 cm³/mol. The molecule has 0 aromatic carbocycles. The summed E-state index contributed by atoms with van der Waals surface area (Å²) >= 11 is 0.714. The Hall–Kier alpha value is -0.860. The molecule has 2 heterocycles. The lowest BCUT2D eigenvalue weighted by molar-refractivity contribution is -0.134. The molecule has 1 fully saturated rings. The Morgan fingerprint density at radius 3 is 2.75 bits per heavy atom. The summed E-state index contributed by atoms with van der Waals surface area (Å²) in [6.07, 6.45) is -3.39. The molecule has 2 rings (SSSR count). The van der Waals surface area contributed by atoms with Crippen molar-refractivity contribution in [3.8, 4) is 0 Å². The van der Waals surface area contributed by atoms with Crippen molar-refractivity contribution < 1.29 is 17.9 Å². The van der Waals surface area contributed by atoms with E-state index in [1.807, 2.05) is 4.90 Å². The van der Waals surface area contributed by atoms with E-state index in [9.17, 15) is 13.2 Å². The number of nitrogens with zero attached hydrogens (tertiary/aromatic N) is 3. The molecule has 1 aliphatic rings. The lowest BCUT2D eigenvalue weighted by Gasteiger charge is -2.39. The fourth-order valence-electron chi connectivity index (χ4n) is 2.25. The minimum atomic E-state index is -4.30. The minimum absolute atomic E-state index is 0.275. The summed E-state index contributed by atoms with van der Waals surface area (Å²) in [5.41, 5.74) is 0. The molecule has 114 valence electrons. The smallest absolute Gasteiger partial charge is 0.383 e. The van der Waals surface area contributed by atoms with Gasteiger partial charge in [0.25, 0.3) is 0 Å². The summed E-state index contributed by atoms with van der Waals surface area (Å²) < 4.78 is 42.8. The summed E-state index contributed by atoms with van der Waals surface area (Å²) in [5, 5.41) is 0.454. The molecule has 8 heteroatoms. The second kappa shape index (κ2) is 6.28. The molecule has 0 N–H and O–H groups in total. The number of thiazole rings is 1. The Kier molecular flexibility index (Phi) is 4.87. The van der Waals surface area contributed by atoms with Crippen LogP contribution in [0.4, 0.5) is 18.3 Å². The largest absolute Gasteiger partial charge is 0.427 e. The highest BCUT2D eigenvalue weighted by atomic mass is 32.1. The third kappa shape index (κ3) is 3.62. The number of hydrogen-bond donors (Lipinski definition) is 0. The third-order valence-electron chi connectivity index (χ3n) is 3.39. The molecule has 0 aliphatic carbocycles. The van der Waals surface area contributed by atoms with Crippen molar-refractivity contribution >= 4 is 16.5 Å². The van der Waals surface area contributed by atoms with Crippen LogP contribution >= 0.6 is 11.3 Å². The van der Waals surface area contributed by atoms with Gasteiger partial charge in [0.1, 0.15) is 4.88 Å². The Balaban J connectivity index is 1.97. The molecular formula is C12H18F3N3OS. The lowest BCUT2D eigenvalue weighted by Crippen LogP contribution is -2.52. The van der Waals surface area contributed by atoms with Crippen LogP contribution < -0.4 is 4.90 Å². The molecule has 4 nitrogen and oxygen atoms in total. The van der Waals surface area contributed by atoms with E-state index in [-0.39, 0.29) is 6.04 Å². The molecule has 0 bridgehead atoms. The number of piperazine rings is 1. The standard InChI is InChI=1S/C12H18F3N3OS/c1-9-8-18(4-3-17(9)5-6-19-2)11-16-7-10(20-11)12(13,14)15/h7,9H,3-6,8H2,1-2H3. The summed E-state index contributed by atoms with van der Waals surface area (Å²) in [6, 6.07) is 0.275. The second-order valence-corrected chi connectivity index (χ2v) is 5.84. The highest BCUT2D eigenvalue weighted by Gasteiger charge is 2.34. The van der Waals surface area contributed by atoms with Crippen molar-refractivity contribution in [3.05, 3.63) is 11.1 Å². The molecule has 1 atom stereocenters. The molecule has 20 heavy (non-hydrogen) atoms. The zero-order valence-electron chi connectivity index (χ0n) is 11.5. The van der Waals surface area contributed by atoms with Crippen molar-refractivity contribution in [2.45, 2.75) is 19.1 Å². The maximum Gasteiger partial charge on any atom is 0.427 e. The van der Waals surface area contributed by atoms with Gasteiger partial charge in [0, 0.05) is 39.3 Å². The minimum Gasteiger partial charge on any atom is -0.383 e. The van der Waals surface area contributed by atoms with Crippen LogP contribution in [0, 0.1) is 0 Å². The first-order valence-electron chi connectivity index (χ1n) is 6.42. The Morgan fingerprint density at radius 1 is 1.45 bits per heavy atom. The molecule has 1 unspecified atom stereocenters. The van der Waals surface area contributed by atoms with E-state index in [2.05, 4.69) is 16.8 Å². The number of hydrogen-bond acceptors (Lipinski definition) is 5. The van der Waals surface area contributed by atoms with Gasteiger partial charge in [-0.3, -0.25) is 4.90 Å². The second-order valence-electron chi connectivity index (χ2n) is 4.83. The van der Waals surface area contributed by atoms with Crippen LogP contribution in [0.15, 0.2) is 6.20 Å². The van der Waals surface area contributed by atoms with E-state index in [0.717, 1.165) is 19.3 Å². The third-order valence-corrected chi connectivity index (χ3v) is 4.49. The highest BCUT2D eigenvalue weighted by molar-refractivity contribution is 7.15. The fourth-order valence-corrected chi connectivity index (χ4v) is 3.07. The molecular weight excluding hydrogens is 291 g/mol. The first kappa shape index (κ1) is 15.5. The summed E-state index contributed by atoms with van der Waals surface area (Å²) in [5.74, 6) is 0. The number of methoxy groups -OCH3 is 1. The van der Waals surface area contributed by atoms with Crippen LogP contribution in [0.1, 0.15) is 11.8 Å². The van der Waals surface area contributed by atoms with Gasteiger partial charge < -0.3 is 9.64 Å². The lowest BCUT2D eigenvalue weighted by atomic mass is 10.2. The average Bonchev–Trinajstić information content (AvgIpc) is 2.86. The van der Waals surface area contributed by atoms with Crippen LogP contribution in [-0.4, -0.2) is 55.8 Å². The molecule has 1 aromatic heterocycles. The van der Waals surface area contributed by atoms with Gasteiger partial charge >= 0.3 is 6.18 Å². The maximum atomic E-state index is 12.6. The Labute approximate surface area is 120 Å². The first-order chi connectivity index (χ1) is 9.41. The van der Waals surface area contributed by atoms with E-state index in [1.165, 1.54) is 0 Å². The molecule has 1 saturated heterocycles. The Morgan fingerprint density at radius 2 is 2.20 bits per heavy atom. The van der Waals surface area contributed by atoms with Gasteiger partial charge in [-0.1, -0.05) is 11.3 Å². The van der Waals surface area contributed by atoms with Crippen molar-refractivity contribution in [3.63, 3.8) is 0 Å².